The predicted octanol–water partition coefficient (Wildman–Crippen LogP) is 6.22. The minimum Gasteiger partial charge on any atom is -0.493 e. The van der Waals surface area contributed by atoms with E-state index < -0.39 is 0 Å². The Kier molecular flexibility index (Phi) is 7.90. The Morgan fingerprint density at radius 3 is 2.57 bits per heavy atom. The topological polar surface area (TPSA) is 59.9 Å². The fourth-order valence-corrected chi connectivity index (χ4v) is 3.82. The molecule has 8 heteroatoms. The molecule has 5 nitrogen and oxygen atoms in total. The van der Waals surface area contributed by atoms with Crippen LogP contribution >= 0.6 is 43.5 Å². The van der Waals surface area contributed by atoms with Crippen LogP contribution in [0.1, 0.15) is 21.5 Å². The molecule has 0 aliphatic rings. The molecule has 3 aromatic carbocycles. The number of rotatable bonds is 7. The van der Waals surface area contributed by atoms with E-state index in [1.54, 1.807) is 31.4 Å². The number of hydrogen-bond donors (Lipinski definition) is 1. The van der Waals surface area contributed by atoms with Crippen molar-refractivity contribution < 1.29 is 14.3 Å². The van der Waals surface area contributed by atoms with Crippen LogP contribution in [0.4, 0.5) is 0 Å². The van der Waals surface area contributed by atoms with Crippen LogP contribution in [0.5, 0.6) is 11.5 Å². The molecule has 0 fully saturated rings. The van der Waals surface area contributed by atoms with Gasteiger partial charge >= 0.3 is 0 Å². The Bertz CT molecular complexity index is 1090. The van der Waals surface area contributed by atoms with E-state index in [0.717, 1.165) is 11.1 Å². The first-order chi connectivity index (χ1) is 14.5. The molecular formula is C22H17Br2ClN2O3. The van der Waals surface area contributed by atoms with E-state index in [2.05, 4.69) is 42.4 Å². The van der Waals surface area contributed by atoms with Gasteiger partial charge in [0.25, 0.3) is 5.91 Å². The van der Waals surface area contributed by atoms with Crippen LogP contribution in [0.3, 0.4) is 0 Å². The number of benzene rings is 3. The number of halogens is 3. The second kappa shape index (κ2) is 10.6. The van der Waals surface area contributed by atoms with Gasteiger partial charge in [0.1, 0.15) is 6.61 Å². The van der Waals surface area contributed by atoms with Crippen LogP contribution in [0.15, 0.2) is 74.7 Å². The molecule has 0 radical (unpaired) electrons. The Morgan fingerprint density at radius 1 is 1.10 bits per heavy atom. The molecule has 0 unspecified atom stereocenters. The van der Waals surface area contributed by atoms with Gasteiger partial charge in [-0.2, -0.15) is 5.10 Å². The van der Waals surface area contributed by atoms with E-state index in [1.807, 2.05) is 36.4 Å². The smallest absolute Gasteiger partial charge is 0.272 e. The third kappa shape index (κ3) is 5.62. The molecule has 0 atom stereocenters. The van der Waals surface area contributed by atoms with E-state index in [0.29, 0.717) is 37.6 Å². The van der Waals surface area contributed by atoms with Crippen molar-refractivity contribution in [1.29, 1.82) is 0 Å². The lowest BCUT2D eigenvalue weighted by molar-refractivity contribution is 0.0954. The quantitative estimate of drug-likeness (QED) is 0.280. The minimum atomic E-state index is -0.315. The van der Waals surface area contributed by atoms with E-state index in [1.165, 1.54) is 6.21 Å². The average Bonchev–Trinajstić information content (AvgIpc) is 2.74. The summed E-state index contributed by atoms with van der Waals surface area (Å²) < 4.78 is 12.8. The molecule has 0 aromatic heterocycles. The maximum Gasteiger partial charge on any atom is 0.272 e. The van der Waals surface area contributed by atoms with Crippen LogP contribution in [0.2, 0.25) is 5.02 Å². The van der Waals surface area contributed by atoms with Crippen molar-refractivity contribution in [3.05, 3.63) is 91.3 Å². The highest BCUT2D eigenvalue weighted by Crippen LogP contribution is 2.37. The van der Waals surface area contributed by atoms with E-state index in [9.17, 15) is 4.79 Å². The van der Waals surface area contributed by atoms with Crippen LogP contribution in [-0.4, -0.2) is 19.2 Å². The van der Waals surface area contributed by atoms with Crippen LogP contribution in [0.25, 0.3) is 0 Å². The molecular weight excluding hydrogens is 536 g/mol. The highest BCUT2D eigenvalue weighted by Gasteiger charge is 2.13. The third-order valence-electron chi connectivity index (χ3n) is 4.08. The number of nitrogens with zero attached hydrogens (tertiary/aromatic N) is 1. The second-order valence-electron chi connectivity index (χ2n) is 6.09. The van der Waals surface area contributed by atoms with Crippen LogP contribution in [0, 0.1) is 0 Å². The predicted molar refractivity (Wildman–Crippen MR) is 126 cm³/mol. The zero-order chi connectivity index (χ0) is 21.5. The lowest BCUT2D eigenvalue weighted by Gasteiger charge is -2.14. The van der Waals surface area contributed by atoms with Crippen molar-refractivity contribution in [2.45, 2.75) is 6.61 Å². The molecule has 3 rings (SSSR count). The van der Waals surface area contributed by atoms with Gasteiger partial charge in [-0.05, 0) is 67.8 Å². The molecule has 0 spiro atoms. The summed E-state index contributed by atoms with van der Waals surface area (Å²) in [5.74, 6) is 0.756. The molecule has 154 valence electrons. The largest absolute Gasteiger partial charge is 0.493 e. The highest BCUT2D eigenvalue weighted by atomic mass is 79.9. The summed E-state index contributed by atoms with van der Waals surface area (Å²) in [4.78, 5) is 12.2. The standard InChI is InChI=1S/C22H17Br2ClN2O3/c1-29-20-11-14(12-26-27-22(28)16-7-3-4-8-17(16)23)10-18(24)21(20)30-13-15-6-2-5-9-19(15)25/h2-12H,13H2,1H3,(H,27,28). The summed E-state index contributed by atoms with van der Waals surface area (Å²) in [5, 5.41) is 4.67. The molecule has 1 N–H and O–H groups in total. The number of ether oxygens (including phenoxy) is 2. The van der Waals surface area contributed by atoms with Crippen molar-refractivity contribution in [3.63, 3.8) is 0 Å². The number of nitrogens with one attached hydrogen (secondary N) is 1. The van der Waals surface area contributed by atoms with Crippen LogP contribution < -0.4 is 14.9 Å². The Morgan fingerprint density at radius 2 is 1.83 bits per heavy atom. The summed E-state index contributed by atoms with van der Waals surface area (Å²) >= 11 is 13.0. The lowest BCUT2D eigenvalue weighted by Crippen LogP contribution is -2.18. The third-order valence-corrected chi connectivity index (χ3v) is 5.73. The van der Waals surface area contributed by atoms with E-state index >= 15 is 0 Å². The number of carbonyl (C=O) groups excluding carboxylic acids is 1. The Hall–Kier alpha value is -2.35. The van der Waals surface area contributed by atoms with Crippen molar-refractivity contribution >= 4 is 55.6 Å². The van der Waals surface area contributed by atoms with Crippen molar-refractivity contribution in [3.8, 4) is 11.5 Å². The van der Waals surface area contributed by atoms with Gasteiger partial charge in [0.2, 0.25) is 0 Å². The van der Waals surface area contributed by atoms with Crippen molar-refractivity contribution in [1.82, 2.24) is 5.43 Å². The average molecular weight is 553 g/mol. The molecule has 0 aliphatic heterocycles. The summed E-state index contributed by atoms with van der Waals surface area (Å²) in [6.07, 6.45) is 1.53. The molecule has 0 bridgehead atoms. The molecule has 0 aliphatic carbocycles. The maximum atomic E-state index is 12.2. The van der Waals surface area contributed by atoms with Gasteiger partial charge in [0, 0.05) is 15.1 Å². The zero-order valence-corrected chi connectivity index (χ0v) is 19.8. The summed E-state index contributed by atoms with van der Waals surface area (Å²) in [6, 6.07) is 18.2. The van der Waals surface area contributed by atoms with Gasteiger partial charge < -0.3 is 9.47 Å². The number of amides is 1. The first-order valence-corrected chi connectivity index (χ1v) is 10.8. The molecule has 0 heterocycles. The van der Waals surface area contributed by atoms with Gasteiger partial charge in [0.15, 0.2) is 11.5 Å². The maximum absolute atomic E-state index is 12.2. The van der Waals surface area contributed by atoms with Crippen molar-refractivity contribution in [2.75, 3.05) is 7.11 Å². The molecule has 30 heavy (non-hydrogen) atoms. The summed E-state index contributed by atoms with van der Waals surface area (Å²) in [7, 11) is 1.56. The molecule has 1 amide bonds. The normalized spacial score (nSPS) is 10.8. The number of hydrazone groups is 1. The number of hydrogen-bond acceptors (Lipinski definition) is 4. The van der Waals surface area contributed by atoms with Gasteiger partial charge in [0.05, 0.1) is 23.4 Å². The Labute approximate surface area is 196 Å². The first kappa shape index (κ1) is 22.3. The SMILES string of the molecule is COc1cc(C=NNC(=O)c2ccccc2Br)cc(Br)c1OCc1ccccc1Cl. The van der Waals surface area contributed by atoms with E-state index in [-0.39, 0.29) is 5.91 Å². The summed E-state index contributed by atoms with van der Waals surface area (Å²) in [6.45, 7) is 0.296. The van der Waals surface area contributed by atoms with Crippen LogP contribution in [-0.2, 0) is 6.61 Å². The van der Waals surface area contributed by atoms with E-state index in [4.69, 9.17) is 21.1 Å². The van der Waals surface area contributed by atoms with Gasteiger partial charge in [-0.1, -0.05) is 41.9 Å². The first-order valence-electron chi connectivity index (χ1n) is 8.81. The fourth-order valence-electron chi connectivity index (χ4n) is 2.59. The Balaban J connectivity index is 1.72. The highest BCUT2D eigenvalue weighted by molar-refractivity contribution is 9.10. The van der Waals surface area contributed by atoms with Gasteiger partial charge in [-0.25, -0.2) is 5.43 Å². The number of carbonyl (C=O) groups is 1. The number of methoxy groups -OCH3 is 1. The second-order valence-corrected chi connectivity index (χ2v) is 8.21. The van der Waals surface area contributed by atoms with Gasteiger partial charge in [-0.15, -0.1) is 0 Å². The lowest BCUT2D eigenvalue weighted by atomic mass is 10.2. The minimum absolute atomic E-state index is 0.296. The molecule has 0 saturated carbocycles. The summed E-state index contributed by atoms with van der Waals surface area (Å²) in [5.41, 5.74) is 4.60. The van der Waals surface area contributed by atoms with Crippen molar-refractivity contribution in [2.24, 2.45) is 5.10 Å². The van der Waals surface area contributed by atoms with Gasteiger partial charge in [-0.3, -0.25) is 4.79 Å². The molecule has 0 saturated heterocycles. The zero-order valence-electron chi connectivity index (χ0n) is 15.9. The fraction of sp³-hybridized carbons (Fsp3) is 0.0909. The molecule has 3 aromatic rings. The monoisotopic (exact) mass is 550 g/mol.